The predicted molar refractivity (Wildman–Crippen MR) is 127 cm³/mol. The minimum absolute atomic E-state index is 0.0752. The van der Waals surface area contributed by atoms with Crippen molar-refractivity contribution in [2.45, 2.75) is 26.3 Å². The number of aromatic nitrogens is 1. The molecule has 0 aliphatic carbocycles. The highest BCUT2D eigenvalue weighted by Gasteiger charge is 2.36. The molecule has 3 heterocycles. The molecule has 6 rings (SSSR count). The predicted octanol–water partition coefficient (Wildman–Crippen LogP) is 6.32. The van der Waals surface area contributed by atoms with Crippen LogP contribution in [0.5, 0.6) is 0 Å². The van der Waals surface area contributed by atoms with E-state index in [0.717, 1.165) is 39.7 Å². The molecular formula is C28H24N2O2. The Hall–Kier alpha value is -3.79. The lowest BCUT2D eigenvalue weighted by atomic mass is 9.91. The molecular weight excluding hydrogens is 396 g/mol. The molecule has 0 spiro atoms. The number of carbonyl (C=O) groups excluding carboxylic acids is 1. The Kier molecular flexibility index (Phi) is 4.22. The fraction of sp³-hybridized carbons (Fsp3) is 0.179. The van der Waals surface area contributed by atoms with Gasteiger partial charge in [-0.2, -0.15) is 0 Å². The van der Waals surface area contributed by atoms with Crippen molar-refractivity contribution < 1.29 is 9.21 Å². The first kappa shape index (κ1) is 18.9. The van der Waals surface area contributed by atoms with E-state index in [1.165, 1.54) is 16.5 Å². The van der Waals surface area contributed by atoms with Crippen molar-refractivity contribution in [2.75, 3.05) is 6.54 Å². The first-order valence-electron chi connectivity index (χ1n) is 11.1. The molecule has 4 heteroatoms. The SMILES string of the molecule is Cc1ccc(C2c3[nH]c4ccccc4c3CCN2C(=O)c2cc3cc(C)ccc3o2)cc1. The van der Waals surface area contributed by atoms with Crippen molar-refractivity contribution in [3.63, 3.8) is 0 Å². The molecule has 0 radical (unpaired) electrons. The fourth-order valence-corrected chi connectivity index (χ4v) is 4.96. The largest absolute Gasteiger partial charge is 0.451 e. The summed E-state index contributed by atoms with van der Waals surface area (Å²) < 4.78 is 5.99. The molecule has 0 saturated heterocycles. The lowest BCUT2D eigenvalue weighted by molar-refractivity contribution is 0.0662. The van der Waals surface area contributed by atoms with Gasteiger partial charge in [0.25, 0.3) is 5.91 Å². The Balaban J connectivity index is 1.49. The van der Waals surface area contributed by atoms with Crippen molar-refractivity contribution in [3.05, 3.63) is 107 Å². The molecule has 1 atom stereocenters. The van der Waals surface area contributed by atoms with Crippen molar-refractivity contribution in [3.8, 4) is 0 Å². The van der Waals surface area contributed by atoms with Gasteiger partial charge in [-0.25, -0.2) is 0 Å². The van der Waals surface area contributed by atoms with Gasteiger partial charge in [-0.1, -0.05) is 59.7 Å². The lowest BCUT2D eigenvalue weighted by Crippen LogP contribution is -2.40. The van der Waals surface area contributed by atoms with Gasteiger partial charge >= 0.3 is 0 Å². The Morgan fingerprint density at radius 1 is 0.969 bits per heavy atom. The van der Waals surface area contributed by atoms with Crippen molar-refractivity contribution in [2.24, 2.45) is 0 Å². The number of H-pyrrole nitrogens is 1. The van der Waals surface area contributed by atoms with Crippen LogP contribution in [-0.2, 0) is 6.42 Å². The quantitative estimate of drug-likeness (QED) is 0.363. The summed E-state index contributed by atoms with van der Waals surface area (Å²) in [5.41, 5.74) is 7.71. The normalized spacial score (nSPS) is 15.9. The second kappa shape index (κ2) is 7.13. The van der Waals surface area contributed by atoms with E-state index < -0.39 is 0 Å². The first-order chi connectivity index (χ1) is 15.6. The molecule has 32 heavy (non-hydrogen) atoms. The minimum Gasteiger partial charge on any atom is -0.451 e. The van der Waals surface area contributed by atoms with Gasteiger partial charge in [-0.3, -0.25) is 4.79 Å². The smallest absolute Gasteiger partial charge is 0.290 e. The van der Waals surface area contributed by atoms with E-state index in [4.69, 9.17) is 4.42 Å². The van der Waals surface area contributed by atoms with Crippen LogP contribution in [0.4, 0.5) is 0 Å². The molecule has 0 bridgehead atoms. The molecule has 1 N–H and O–H groups in total. The summed E-state index contributed by atoms with van der Waals surface area (Å²) in [6, 6.07) is 24.5. The van der Waals surface area contributed by atoms with Crippen LogP contribution in [-0.4, -0.2) is 22.3 Å². The van der Waals surface area contributed by atoms with E-state index in [-0.39, 0.29) is 11.9 Å². The summed E-state index contributed by atoms with van der Waals surface area (Å²) in [6.07, 6.45) is 0.812. The molecule has 1 aliphatic rings. The Bertz CT molecular complexity index is 1470. The maximum Gasteiger partial charge on any atom is 0.290 e. The number of fused-ring (bicyclic) bond motifs is 4. The number of para-hydroxylation sites is 1. The standard InChI is InChI=1S/C28H24N2O2/c1-17-7-10-19(11-8-17)27-26-22(21-5-3-4-6-23(21)29-26)13-14-30(27)28(31)25-16-20-15-18(2)9-12-24(20)32-25/h3-12,15-16,27,29H,13-14H2,1-2H3. The van der Waals surface area contributed by atoms with Crippen LogP contribution in [0.1, 0.15) is 44.5 Å². The van der Waals surface area contributed by atoms with E-state index in [9.17, 15) is 4.79 Å². The van der Waals surface area contributed by atoms with Crippen molar-refractivity contribution >= 4 is 27.8 Å². The average molecular weight is 421 g/mol. The Morgan fingerprint density at radius 2 is 1.75 bits per heavy atom. The zero-order valence-electron chi connectivity index (χ0n) is 18.2. The van der Waals surface area contributed by atoms with E-state index >= 15 is 0 Å². The fourth-order valence-electron chi connectivity index (χ4n) is 4.96. The van der Waals surface area contributed by atoms with Gasteiger partial charge < -0.3 is 14.3 Å². The number of rotatable bonds is 2. The van der Waals surface area contributed by atoms with Crippen LogP contribution in [0.2, 0.25) is 0 Å². The number of carbonyl (C=O) groups is 1. The zero-order valence-corrected chi connectivity index (χ0v) is 18.2. The van der Waals surface area contributed by atoms with Crippen molar-refractivity contribution in [1.29, 1.82) is 0 Å². The third-order valence-electron chi connectivity index (χ3n) is 6.57. The Labute approximate surface area is 186 Å². The molecule has 0 saturated carbocycles. The first-order valence-corrected chi connectivity index (χ1v) is 11.1. The van der Waals surface area contributed by atoms with Gasteiger partial charge in [-0.05, 0) is 55.7 Å². The number of amides is 1. The summed E-state index contributed by atoms with van der Waals surface area (Å²) >= 11 is 0. The third kappa shape index (κ3) is 2.94. The van der Waals surface area contributed by atoms with Crippen LogP contribution in [0.3, 0.4) is 0 Å². The number of aryl methyl sites for hydroxylation is 2. The second-order valence-corrected chi connectivity index (χ2v) is 8.78. The maximum absolute atomic E-state index is 13.7. The molecule has 0 fully saturated rings. The van der Waals surface area contributed by atoms with Crippen LogP contribution in [0.25, 0.3) is 21.9 Å². The molecule has 3 aromatic carbocycles. The number of hydrogen-bond donors (Lipinski definition) is 1. The topological polar surface area (TPSA) is 49.2 Å². The number of nitrogens with zero attached hydrogens (tertiary/aromatic N) is 1. The van der Waals surface area contributed by atoms with E-state index in [1.54, 1.807) is 0 Å². The molecule has 5 aromatic rings. The zero-order chi connectivity index (χ0) is 21.8. The molecule has 4 nitrogen and oxygen atoms in total. The van der Waals surface area contributed by atoms with E-state index in [1.807, 2.05) is 36.1 Å². The molecule has 2 aromatic heterocycles. The number of aromatic amines is 1. The van der Waals surface area contributed by atoms with E-state index in [0.29, 0.717) is 12.3 Å². The van der Waals surface area contributed by atoms with E-state index in [2.05, 4.69) is 60.4 Å². The van der Waals surface area contributed by atoms with Gasteiger partial charge in [0.05, 0.1) is 6.04 Å². The molecule has 1 unspecified atom stereocenters. The second-order valence-electron chi connectivity index (χ2n) is 8.78. The highest BCUT2D eigenvalue weighted by Crippen LogP contribution is 2.39. The monoisotopic (exact) mass is 420 g/mol. The molecule has 1 amide bonds. The van der Waals surface area contributed by atoms with Crippen LogP contribution in [0.15, 0.2) is 77.2 Å². The summed E-state index contributed by atoms with van der Waals surface area (Å²) in [4.78, 5) is 19.3. The summed E-state index contributed by atoms with van der Waals surface area (Å²) in [5, 5.41) is 2.20. The number of hydrogen-bond acceptors (Lipinski definition) is 2. The van der Waals surface area contributed by atoms with Gasteiger partial charge in [0.15, 0.2) is 5.76 Å². The summed E-state index contributed by atoms with van der Waals surface area (Å²) in [7, 11) is 0. The highest BCUT2D eigenvalue weighted by atomic mass is 16.3. The summed E-state index contributed by atoms with van der Waals surface area (Å²) in [5.74, 6) is 0.316. The van der Waals surface area contributed by atoms with Gasteiger partial charge in [0.2, 0.25) is 0 Å². The van der Waals surface area contributed by atoms with Crippen LogP contribution < -0.4 is 0 Å². The maximum atomic E-state index is 13.7. The minimum atomic E-state index is -0.186. The van der Waals surface area contributed by atoms with Crippen LogP contribution >= 0.6 is 0 Å². The average Bonchev–Trinajstić information content (AvgIpc) is 3.39. The third-order valence-corrected chi connectivity index (χ3v) is 6.57. The number of nitrogens with one attached hydrogen (secondary N) is 1. The lowest BCUT2D eigenvalue weighted by Gasteiger charge is -2.35. The van der Waals surface area contributed by atoms with Crippen molar-refractivity contribution in [1.82, 2.24) is 9.88 Å². The highest BCUT2D eigenvalue weighted by molar-refractivity contribution is 5.97. The molecule has 1 aliphatic heterocycles. The number of furan rings is 1. The summed E-state index contributed by atoms with van der Waals surface area (Å²) in [6.45, 7) is 4.77. The molecule has 158 valence electrons. The van der Waals surface area contributed by atoms with Gasteiger partial charge in [0, 0.05) is 28.5 Å². The Morgan fingerprint density at radius 3 is 2.59 bits per heavy atom. The number of benzene rings is 3. The van der Waals surface area contributed by atoms with Crippen LogP contribution in [0, 0.1) is 13.8 Å². The van der Waals surface area contributed by atoms with Gasteiger partial charge in [0.1, 0.15) is 5.58 Å². The van der Waals surface area contributed by atoms with Gasteiger partial charge in [-0.15, -0.1) is 0 Å².